The highest BCUT2D eigenvalue weighted by molar-refractivity contribution is 6.63. The Labute approximate surface area is 155 Å². The zero-order chi connectivity index (χ0) is 19.4. The highest BCUT2D eigenvalue weighted by Gasteiger charge is 2.53. The van der Waals surface area contributed by atoms with Crippen LogP contribution >= 0.6 is 0 Å². The number of halogens is 1. The Morgan fingerprint density at radius 3 is 2.00 bits per heavy atom. The summed E-state index contributed by atoms with van der Waals surface area (Å²) < 4.78 is 28.2. The van der Waals surface area contributed by atoms with Crippen molar-refractivity contribution in [3.63, 3.8) is 0 Å². The monoisotopic (exact) mass is 358 g/mol. The van der Waals surface area contributed by atoms with Crippen LogP contribution in [0.5, 0.6) is 0 Å². The Morgan fingerprint density at radius 2 is 1.50 bits per heavy atom. The molecule has 26 heavy (non-hydrogen) atoms. The molecule has 1 aromatic carbocycles. The molecule has 1 aliphatic heterocycles. The number of hydrogen-bond acceptors (Lipinski definition) is 3. The van der Waals surface area contributed by atoms with E-state index >= 15 is 0 Å². The van der Waals surface area contributed by atoms with Gasteiger partial charge in [-0.3, -0.25) is 4.68 Å². The number of nitrogens with zero attached hydrogens (tertiary/aromatic N) is 2. The zero-order valence-corrected chi connectivity index (χ0v) is 17.0. The van der Waals surface area contributed by atoms with E-state index in [1.165, 1.54) is 0 Å². The number of benzene rings is 1. The van der Waals surface area contributed by atoms with E-state index in [4.69, 9.17) is 14.4 Å². The highest BCUT2D eigenvalue weighted by Crippen LogP contribution is 2.37. The summed E-state index contributed by atoms with van der Waals surface area (Å²) in [6.07, 6.45) is 0. The van der Waals surface area contributed by atoms with Crippen LogP contribution in [0.4, 0.5) is 4.39 Å². The van der Waals surface area contributed by atoms with Gasteiger partial charge in [0.1, 0.15) is 5.82 Å². The lowest BCUT2D eigenvalue weighted by Crippen LogP contribution is -2.41. The standard InChI is InChI=1S/C20H28BFN2O2/c1-12-9-16(10-13(2)18(12)22)11-24-15(4)17(14(3)23-24)21-25-19(5,6)20(7,8)26-21/h9-10H,11H2,1-8H3. The maximum atomic E-state index is 13.9. The minimum atomic E-state index is -0.426. The van der Waals surface area contributed by atoms with Crippen molar-refractivity contribution >= 4 is 12.6 Å². The van der Waals surface area contributed by atoms with Gasteiger partial charge >= 0.3 is 7.12 Å². The van der Waals surface area contributed by atoms with Crippen LogP contribution < -0.4 is 5.46 Å². The fourth-order valence-corrected chi connectivity index (χ4v) is 3.47. The molecule has 1 saturated heterocycles. The molecule has 6 heteroatoms. The van der Waals surface area contributed by atoms with Gasteiger partial charge in [-0.2, -0.15) is 5.10 Å². The van der Waals surface area contributed by atoms with E-state index in [0.29, 0.717) is 17.7 Å². The number of rotatable bonds is 3. The van der Waals surface area contributed by atoms with E-state index in [-0.39, 0.29) is 17.0 Å². The first kappa shape index (κ1) is 19.1. The topological polar surface area (TPSA) is 36.3 Å². The van der Waals surface area contributed by atoms with Gasteiger partial charge in [-0.1, -0.05) is 12.1 Å². The number of hydrogen-bond donors (Lipinski definition) is 0. The summed E-state index contributed by atoms with van der Waals surface area (Å²) in [6, 6.07) is 3.76. The zero-order valence-electron chi connectivity index (χ0n) is 17.0. The van der Waals surface area contributed by atoms with Crippen LogP contribution in [-0.4, -0.2) is 28.1 Å². The molecule has 3 rings (SSSR count). The van der Waals surface area contributed by atoms with Crippen molar-refractivity contribution in [1.29, 1.82) is 0 Å². The fourth-order valence-electron chi connectivity index (χ4n) is 3.47. The first-order valence-corrected chi connectivity index (χ1v) is 9.08. The van der Waals surface area contributed by atoms with Crippen molar-refractivity contribution in [3.8, 4) is 0 Å². The quantitative estimate of drug-likeness (QED) is 0.787. The first-order valence-electron chi connectivity index (χ1n) is 9.08. The van der Waals surface area contributed by atoms with Crippen molar-refractivity contribution in [2.24, 2.45) is 0 Å². The van der Waals surface area contributed by atoms with Gasteiger partial charge in [0, 0.05) is 11.2 Å². The Kier molecular flexibility index (Phi) is 4.56. The summed E-state index contributed by atoms with van der Waals surface area (Å²) in [5, 5.41) is 4.69. The van der Waals surface area contributed by atoms with Gasteiger partial charge in [-0.15, -0.1) is 0 Å². The third-order valence-electron chi connectivity index (χ3n) is 5.75. The predicted molar refractivity (Wildman–Crippen MR) is 102 cm³/mol. The van der Waals surface area contributed by atoms with Crippen LogP contribution in [0.3, 0.4) is 0 Å². The third kappa shape index (κ3) is 3.10. The van der Waals surface area contributed by atoms with Crippen molar-refractivity contribution in [3.05, 3.63) is 46.0 Å². The molecule has 0 aliphatic carbocycles. The van der Waals surface area contributed by atoms with E-state index in [1.807, 2.05) is 58.4 Å². The number of aryl methyl sites for hydroxylation is 3. The van der Waals surface area contributed by atoms with E-state index in [1.54, 1.807) is 13.8 Å². The Bertz CT molecular complexity index is 819. The average molecular weight is 358 g/mol. The molecular weight excluding hydrogens is 330 g/mol. The molecule has 1 fully saturated rings. The lowest BCUT2D eigenvalue weighted by molar-refractivity contribution is 0.00578. The number of aromatic nitrogens is 2. The molecule has 0 atom stereocenters. The first-order chi connectivity index (χ1) is 11.9. The lowest BCUT2D eigenvalue weighted by Gasteiger charge is -2.32. The molecule has 0 N–H and O–H groups in total. The second-order valence-electron chi connectivity index (χ2n) is 8.37. The minimum absolute atomic E-state index is 0.139. The SMILES string of the molecule is Cc1cc(Cn2nc(C)c(B3OC(C)(C)C(C)(C)O3)c2C)cc(C)c1F. The maximum absolute atomic E-state index is 13.9. The van der Waals surface area contributed by atoms with E-state index in [0.717, 1.165) is 22.4 Å². The Balaban J connectivity index is 1.92. The van der Waals surface area contributed by atoms with Gasteiger partial charge in [-0.25, -0.2) is 4.39 Å². The fraction of sp³-hybridized carbons (Fsp3) is 0.550. The van der Waals surface area contributed by atoms with Crippen LogP contribution in [0.15, 0.2) is 12.1 Å². The highest BCUT2D eigenvalue weighted by atomic mass is 19.1. The summed E-state index contributed by atoms with van der Waals surface area (Å²) in [4.78, 5) is 0. The minimum Gasteiger partial charge on any atom is -0.399 e. The van der Waals surface area contributed by atoms with Crippen molar-refractivity contribution < 1.29 is 13.7 Å². The molecule has 0 bridgehead atoms. The third-order valence-corrected chi connectivity index (χ3v) is 5.75. The Hall–Kier alpha value is -1.66. The molecule has 0 spiro atoms. The molecule has 140 valence electrons. The van der Waals surface area contributed by atoms with Crippen LogP contribution in [0, 0.1) is 33.5 Å². The average Bonchev–Trinajstić information content (AvgIpc) is 2.88. The summed E-state index contributed by atoms with van der Waals surface area (Å²) in [6.45, 7) is 16.4. The predicted octanol–water partition coefficient (Wildman–Crippen LogP) is 3.60. The normalized spacial score (nSPS) is 18.6. The van der Waals surface area contributed by atoms with Gasteiger partial charge in [0.05, 0.1) is 23.4 Å². The summed E-state index contributed by atoms with van der Waals surface area (Å²) >= 11 is 0. The van der Waals surface area contributed by atoms with Crippen molar-refractivity contribution in [2.75, 3.05) is 0 Å². The molecule has 4 nitrogen and oxygen atoms in total. The molecular formula is C20H28BFN2O2. The molecule has 0 saturated carbocycles. The van der Waals surface area contributed by atoms with Crippen LogP contribution in [-0.2, 0) is 15.9 Å². The van der Waals surface area contributed by atoms with Gasteiger partial charge in [0.25, 0.3) is 0 Å². The molecule has 0 unspecified atom stereocenters. The van der Waals surface area contributed by atoms with Crippen LogP contribution in [0.2, 0.25) is 0 Å². The van der Waals surface area contributed by atoms with E-state index < -0.39 is 7.12 Å². The molecule has 1 aromatic heterocycles. The van der Waals surface area contributed by atoms with Gasteiger partial charge in [0.15, 0.2) is 0 Å². The molecule has 2 heterocycles. The second-order valence-corrected chi connectivity index (χ2v) is 8.37. The molecule has 0 amide bonds. The summed E-state index contributed by atoms with van der Waals surface area (Å²) in [7, 11) is -0.426. The lowest BCUT2D eigenvalue weighted by atomic mass is 9.77. The van der Waals surface area contributed by atoms with Crippen molar-refractivity contribution in [2.45, 2.75) is 73.1 Å². The molecule has 0 radical (unpaired) electrons. The second kappa shape index (κ2) is 6.20. The summed E-state index contributed by atoms with van der Waals surface area (Å²) in [5.41, 5.74) is 4.48. The van der Waals surface area contributed by atoms with Gasteiger partial charge < -0.3 is 9.31 Å². The Morgan fingerprint density at radius 1 is 1.00 bits per heavy atom. The summed E-state index contributed by atoms with van der Waals surface area (Å²) in [5.74, 6) is -0.139. The molecule has 2 aromatic rings. The van der Waals surface area contributed by atoms with Gasteiger partial charge in [0.2, 0.25) is 0 Å². The van der Waals surface area contributed by atoms with Crippen LogP contribution in [0.1, 0.15) is 55.8 Å². The maximum Gasteiger partial charge on any atom is 0.498 e. The smallest absolute Gasteiger partial charge is 0.399 e. The largest absolute Gasteiger partial charge is 0.498 e. The van der Waals surface area contributed by atoms with E-state index in [2.05, 4.69) is 0 Å². The van der Waals surface area contributed by atoms with Crippen LogP contribution in [0.25, 0.3) is 0 Å². The van der Waals surface area contributed by atoms with Crippen molar-refractivity contribution in [1.82, 2.24) is 9.78 Å². The molecule has 1 aliphatic rings. The van der Waals surface area contributed by atoms with Gasteiger partial charge in [-0.05, 0) is 72.1 Å². The van der Waals surface area contributed by atoms with E-state index in [9.17, 15) is 4.39 Å².